The van der Waals surface area contributed by atoms with Crippen molar-refractivity contribution in [3.8, 4) is 11.5 Å². The molecule has 1 aromatic carbocycles. The maximum atomic E-state index is 10.4. The number of phenolic OH excluding ortho intramolecular Hbond substituents is 1. The van der Waals surface area contributed by atoms with Gasteiger partial charge in [0, 0.05) is 6.07 Å². The number of nitro groups is 1. The third-order valence-electron chi connectivity index (χ3n) is 2.32. The Balaban J connectivity index is 2.07. The largest absolute Gasteiger partial charge is 0.504 e. The zero-order chi connectivity index (χ0) is 10.8. The summed E-state index contributed by atoms with van der Waals surface area (Å²) in [6.45, 7) is 0.575. The summed E-state index contributed by atoms with van der Waals surface area (Å²) in [6, 6.07) is 3.85. The Hall–Kier alpha value is -1.78. The van der Waals surface area contributed by atoms with Crippen molar-refractivity contribution in [2.24, 2.45) is 5.92 Å². The second-order valence-electron chi connectivity index (χ2n) is 3.66. The first-order valence-electron chi connectivity index (χ1n) is 4.77. The molecule has 0 heterocycles. The van der Waals surface area contributed by atoms with Gasteiger partial charge in [0.15, 0.2) is 11.5 Å². The van der Waals surface area contributed by atoms with Crippen molar-refractivity contribution in [3.05, 3.63) is 28.3 Å². The maximum absolute atomic E-state index is 10.4. The molecule has 0 radical (unpaired) electrons. The predicted molar refractivity (Wildman–Crippen MR) is 53.0 cm³/mol. The zero-order valence-corrected chi connectivity index (χ0v) is 8.05. The van der Waals surface area contributed by atoms with Gasteiger partial charge in [0.05, 0.1) is 17.6 Å². The van der Waals surface area contributed by atoms with Gasteiger partial charge in [-0.15, -0.1) is 0 Å². The minimum Gasteiger partial charge on any atom is -0.504 e. The molecule has 0 spiro atoms. The first-order valence-corrected chi connectivity index (χ1v) is 4.77. The number of non-ortho nitro benzene ring substituents is 1. The molecule has 1 aromatic rings. The minimum absolute atomic E-state index is 0.133. The lowest BCUT2D eigenvalue weighted by Gasteiger charge is -2.06. The van der Waals surface area contributed by atoms with Gasteiger partial charge >= 0.3 is 0 Å². The van der Waals surface area contributed by atoms with Gasteiger partial charge in [-0.3, -0.25) is 10.1 Å². The summed E-state index contributed by atoms with van der Waals surface area (Å²) >= 11 is 0. The highest BCUT2D eigenvalue weighted by Crippen LogP contribution is 2.33. The second kappa shape index (κ2) is 3.76. The van der Waals surface area contributed by atoms with Crippen LogP contribution in [-0.2, 0) is 0 Å². The molecule has 0 aliphatic heterocycles. The highest BCUT2D eigenvalue weighted by atomic mass is 16.6. The molecule has 0 amide bonds. The molecular weight excluding hydrogens is 198 g/mol. The van der Waals surface area contributed by atoms with Gasteiger partial charge in [0.25, 0.3) is 5.69 Å². The minimum atomic E-state index is -0.551. The molecule has 1 fully saturated rings. The molecule has 1 aliphatic rings. The van der Waals surface area contributed by atoms with Crippen LogP contribution in [0.2, 0.25) is 0 Å². The molecule has 0 aromatic heterocycles. The first-order chi connectivity index (χ1) is 7.16. The Morgan fingerprint density at radius 3 is 2.80 bits per heavy atom. The van der Waals surface area contributed by atoms with Crippen molar-refractivity contribution in [1.82, 2.24) is 0 Å². The van der Waals surface area contributed by atoms with Gasteiger partial charge in [-0.1, -0.05) is 0 Å². The molecule has 0 atom stereocenters. The van der Waals surface area contributed by atoms with Crippen LogP contribution in [0.15, 0.2) is 18.2 Å². The normalized spacial score (nSPS) is 14.9. The molecule has 2 rings (SSSR count). The van der Waals surface area contributed by atoms with Crippen molar-refractivity contribution in [1.29, 1.82) is 0 Å². The Bertz CT molecular complexity index is 387. The number of benzene rings is 1. The number of hydrogen-bond donors (Lipinski definition) is 1. The van der Waals surface area contributed by atoms with Crippen LogP contribution in [0, 0.1) is 16.0 Å². The van der Waals surface area contributed by atoms with E-state index in [1.165, 1.54) is 12.1 Å². The quantitative estimate of drug-likeness (QED) is 0.608. The fourth-order valence-corrected chi connectivity index (χ4v) is 1.23. The van der Waals surface area contributed by atoms with Crippen LogP contribution in [0.1, 0.15) is 12.8 Å². The van der Waals surface area contributed by atoms with Crippen LogP contribution in [0.4, 0.5) is 5.69 Å². The summed E-state index contributed by atoms with van der Waals surface area (Å²) in [7, 11) is 0. The highest BCUT2D eigenvalue weighted by Gasteiger charge is 2.22. The Morgan fingerprint density at radius 2 is 2.27 bits per heavy atom. The fourth-order valence-electron chi connectivity index (χ4n) is 1.23. The summed E-state index contributed by atoms with van der Waals surface area (Å²) in [5.74, 6) is 0.719. The monoisotopic (exact) mass is 209 g/mol. The summed E-state index contributed by atoms with van der Waals surface area (Å²) in [5, 5.41) is 19.8. The topological polar surface area (TPSA) is 72.6 Å². The fraction of sp³-hybridized carbons (Fsp3) is 0.400. The summed E-state index contributed by atoms with van der Waals surface area (Å²) < 4.78 is 5.32. The zero-order valence-electron chi connectivity index (χ0n) is 8.05. The van der Waals surface area contributed by atoms with E-state index < -0.39 is 4.92 Å². The maximum Gasteiger partial charge on any atom is 0.273 e. The molecule has 15 heavy (non-hydrogen) atoms. The lowest BCUT2D eigenvalue weighted by molar-refractivity contribution is -0.385. The second-order valence-corrected chi connectivity index (χ2v) is 3.66. The van der Waals surface area contributed by atoms with Crippen molar-refractivity contribution in [2.75, 3.05) is 6.61 Å². The lowest BCUT2D eigenvalue weighted by atomic mass is 10.3. The summed E-state index contributed by atoms with van der Waals surface area (Å²) in [5.41, 5.74) is -0.133. The molecule has 5 heteroatoms. The van der Waals surface area contributed by atoms with Crippen LogP contribution in [0.25, 0.3) is 0 Å². The number of hydrogen-bond acceptors (Lipinski definition) is 4. The van der Waals surface area contributed by atoms with Gasteiger partial charge < -0.3 is 9.84 Å². The van der Waals surface area contributed by atoms with E-state index in [9.17, 15) is 15.2 Å². The van der Waals surface area contributed by atoms with Crippen LogP contribution in [0.3, 0.4) is 0 Å². The van der Waals surface area contributed by atoms with Gasteiger partial charge in [0.2, 0.25) is 0 Å². The van der Waals surface area contributed by atoms with Crippen LogP contribution in [-0.4, -0.2) is 16.6 Å². The van der Waals surface area contributed by atoms with Crippen LogP contribution >= 0.6 is 0 Å². The molecule has 1 saturated carbocycles. The number of aromatic hydroxyl groups is 1. The number of phenols is 1. The Morgan fingerprint density at radius 1 is 1.53 bits per heavy atom. The average Bonchev–Trinajstić information content (AvgIpc) is 2.99. The van der Waals surface area contributed by atoms with E-state index >= 15 is 0 Å². The molecule has 0 saturated heterocycles. The SMILES string of the molecule is O=[N+]([O-])c1ccc(OCC2CC2)c(O)c1. The average molecular weight is 209 g/mol. The molecule has 80 valence electrons. The molecular formula is C10H11NO4. The van der Waals surface area contributed by atoms with E-state index in [0.717, 1.165) is 18.9 Å². The summed E-state index contributed by atoms with van der Waals surface area (Å²) in [4.78, 5) is 9.84. The highest BCUT2D eigenvalue weighted by molar-refractivity contribution is 5.47. The van der Waals surface area contributed by atoms with Crippen molar-refractivity contribution in [3.63, 3.8) is 0 Å². The van der Waals surface area contributed by atoms with E-state index in [0.29, 0.717) is 18.3 Å². The van der Waals surface area contributed by atoms with Crippen molar-refractivity contribution >= 4 is 5.69 Å². The summed E-state index contributed by atoms with van der Waals surface area (Å²) in [6.07, 6.45) is 2.32. The molecule has 0 unspecified atom stereocenters. The third kappa shape index (κ3) is 2.37. The molecule has 5 nitrogen and oxygen atoms in total. The smallest absolute Gasteiger partial charge is 0.273 e. The lowest BCUT2D eigenvalue weighted by Crippen LogP contribution is -1.99. The van der Waals surface area contributed by atoms with E-state index in [1.807, 2.05) is 0 Å². The first kappa shape index (κ1) is 9.76. The molecule has 1 aliphatic carbocycles. The van der Waals surface area contributed by atoms with Crippen LogP contribution < -0.4 is 4.74 Å². The van der Waals surface area contributed by atoms with Crippen LogP contribution in [0.5, 0.6) is 11.5 Å². The van der Waals surface area contributed by atoms with Crippen molar-refractivity contribution < 1.29 is 14.8 Å². The van der Waals surface area contributed by atoms with Gasteiger partial charge in [-0.2, -0.15) is 0 Å². The van der Waals surface area contributed by atoms with E-state index in [4.69, 9.17) is 4.74 Å². The third-order valence-corrected chi connectivity index (χ3v) is 2.32. The Kier molecular flexibility index (Phi) is 2.45. The van der Waals surface area contributed by atoms with E-state index in [1.54, 1.807) is 0 Å². The van der Waals surface area contributed by atoms with Crippen molar-refractivity contribution in [2.45, 2.75) is 12.8 Å². The number of rotatable bonds is 4. The predicted octanol–water partition coefficient (Wildman–Crippen LogP) is 2.09. The van der Waals surface area contributed by atoms with Gasteiger partial charge in [-0.05, 0) is 24.8 Å². The van der Waals surface area contributed by atoms with E-state index in [-0.39, 0.29) is 11.4 Å². The Labute approximate surface area is 86.4 Å². The number of nitrogens with zero attached hydrogens (tertiary/aromatic N) is 1. The van der Waals surface area contributed by atoms with Gasteiger partial charge in [-0.25, -0.2) is 0 Å². The van der Waals surface area contributed by atoms with Gasteiger partial charge in [0.1, 0.15) is 0 Å². The number of nitro benzene ring substituents is 1. The molecule has 0 bridgehead atoms. The number of ether oxygens (including phenoxy) is 1. The molecule has 1 N–H and O–H groups in total. The standard InChI is InChI=1S/C10H11NO4/c12-9-5-8(11(13)14)3-4-10(9)15-6-7-1-2-7/h3-5,7,12H,1-2,6H2. The van der Waals surface area contributed by atoms with E-state index in [2.05, 4.69) is 0 Å².